The van der Waals surface area contributed by atoms with Gasteiger partial charge in [-0.2, -0.15) is 0 Å². The molecule has 0 fully saturated rings. The Morgan fingerprint density at radius 3 is 2.45 bits per heavy atom. The number of ether oxygens (including phenoxy) is 2. The molecule has 0 bridgehead atoms. The minimum absolute atomic E-state index is 0.135. The zero-order chi connectivity index (χ0) is 20.6. The largest absolute Gasteiger partial charge is 0.486 e. The van der Waals surface area contributed by atoms with Crippen LogP contribution in [-0.2, 0) is 24.5 Å². The van der Waals surface area contributed by atoms with Gasteiger partial charge in [0.1, 0.15) is 23.9 Å². The molecule has 2 aromatic carbocycles. The van der Waals surface area contributed by atoms with Crippen molar-refractivity contribution in [3.63, 3.8) is 0 Å². The molecule has 0 saturated heterocycles. The second-order valence-electron chi connectivity index (χ2n) is 6.82. The van der Waals surface area contributed by atoms with Gasteiger partial charge < -0.3 is 19.2 Å². The van der Waals surface area contributed by atoms with Crippen molar-refractivity contribution in [3.8, 4) is 5.75 Å². The van der Waals surface area contributed by atoms with E-state index in [4.69, 9.17) is 13.9 Å². The van der Waals surface area contributed by atoms with Crippen molar-refractivity contribution in [3.05, 3.63) is 89.1 Å². The van der Waals surface area contributed by atoms with E-state index in [2.05, 4.69) is 5.32 Å². The predicted octanol–water partition coefficient (Wildman–Crippen LogP) is 4.85. The van der Waals surface area contributed by atoms with Crippen molar-refractivity contribution in [2.24, 2.45) is 0 Å². The summed E-state index contributed by atoms with van der Waals surface area (Å²) >= 11 is 0. The van der Waals surface area contributed by atoms with Crippen LogP contribution in [0, 0.1) is 5.82 Å². The van der Waals surface area contributed by atoms with Gasteiger partial charge in [-0.05, 0) is 61.4 Å². The fraction of sp³-hybridized carbons (Fsp3) is 0.261. The van der Waals surface area contributed by atoms with Crippen LogP contribution in [0.4, 0.5) is 4.39 Å². The van der Waals surface area contributed by atoms with Gasteiger partial charge in [0.2, 0.25) is 0 Å². The second kappa shape index (κ2) is 9.89. The number of hydrogen-bond acceptors (Lipinski definition) is 4. The molecule has 1 amide bonds. The summed E-state index contributed by atoms with van der Waals surface area (Å²) in [5, 5.41) is 2.87. The number of rotatable bonds is 9. The van der Waals surface area contributed by atoms with Crippen molar-refractivity contribution >= 4 is 5.91 Å². The van der Waals surface area contributed by atoms with Gasteiger partial charge in [-0.3, -0.25) is 4.79 Å². The van der Waals surface area contributed by atoms with E-state index in [1.54, 1.807) is 12.1 Å². The molecule has 29 heavy (non-hydrogen) atoms. The molecule has 0 aliphatic heterocycles. The maximum atomic E-state index is 12.9. The molecule has 1 N–H and O–H groups in total. The summed E-state index contributed by atoms with van der Waals surface area (Å²) in [4.78, 5) is 12.4. The van der Waals surface area contributed by atoms with Gasteiger partial charge >= 0.3 is 0 Å². The van der Waals surface area contributed by atoms with E-state index >= 15 is 0 Å². The molecule has 0 saturated carbocycles. The Hall–Kier alpha value is -3.12. The van der Waals surface area contributed by atoms with Crippen LogP contribution in [0.25, 0.3) is 0 Å². The van der Waals surface area contributed by atoms with Crippen LogP contribution in [0.15, 0.2) is 65.1 Å². The van der Waals surface area contributed by atoms with Gasteiger partial charge in [0, 0.05) is 6.54 Å². The normalized spacial score (nSPS) is 10.9. The van der Waals surface area contributed by atoms with Gasteiger partial charge in [-0.25, -0.2) is 4.39 Å². The zero-order valence-electron chi connectivity index (χ0n) is 16.5. The maximum absolute atomic E-state index is 12.9. The van der Waals surface area contributed by atoms with E-state index in [9.17, 15) is 9.18 Å². The van der Waals surface area contributed by atoms with Crippen LogP contribution in [0.2, 0.25) is 0 Å². The molecular formula is C23H24FNO4. The number of benzene rings is 2. The fourth-order valence-electron chi connectivity index (χ4n) is 2.65. The van der Waals surface area contributed by atoms with Crippen LogP contribution < -0.4 is 10.1 Å². The summed E-state index contributed by atoms with van der Waals surface area (Å²) in [6, 6.07) is 16.8. The third kappa shape index (κ3) is 6.19. The topological polar surface area (TPSA) is 60.7 Å². The number of amides is 1. The molecule has 0 aliphatic carbocycles. The Bertz CT molecular complexity index is 934. The Balaban J connectivity index is 1.53. The number of hydrogen-bond donors (Lipinski definition) is 1. The molecule has 5 nitrogen and oxygen atoms in total. The predicted molar refractivity (Wildman–Crippen MR) is 107 cm³/mol. The van der Waals surface area contributed by atoms with E-state index < -0.39 is 0 Å². The van der Waals surface area contributed by atoms with Crippen molar-refractivity contribution < 1.29 is 23.1 Å². The molecule has 0 aliphatic rings. The Morgan fingerprint density at radius 2 is 1.72 bits per heavy atom. The average Bonchev–Trinajstić information content (AvgIpc) is 3.20. The van der Waals surface area contributed by atoms with E-state index in [-0.39, 0.29) is 30.2 Å². The van der Waals surface area contributed by atoms with Crippen molar-refractivity contribution in [1.82, 2.24) is 5.32 Å². The van der Waals surface area contributed by atoms with Gasteiger partial charge in [-0.1, -0.05) is 24.3 Å². The lowest BCUT2D eigenvalue weighted by molar-refractivity contribution is 0.0651. The lowest BCUT2D eigenvalue weighted by Gasteiger charge is -2.12. The molecule has 152 valence electrons. The van der Waals surface area contributed by atoms with E-state index in [0.717, 1.165) is 11.1 Å². The van der Waals surface area contributed by atoms with Crippen LogP contribution in [0.5, 0.6) is 5.75 Å². The molecule has 0 spiro atoms. The Kier molecular flexibility index (Phi) is 7.03. The molecule has 0 unspecified atom stereocenters. The van der Waals surface area contributed by atoms with Crippen LogP contribution in [-0.4, -0.2) is 12.0 Å². The summed E-state index contributed by atoms with van der Waals surface area (Å²) in [5.74, 6) is 0.599. The lowest BCUT2D eigenvalue weighted by Crippen LogP contribution is -2.23. The molecule has 0 atom stereocenters. The molecular weight excluding hydrogens is 373 g/mol. The minimum Gasteiger partial charge on any atom is -0.486 e. The van der Waals surface area contributed by atoms with Crippen molar-refractivity contribution in [2.45, 2.75) is 39.7 Å². The highest BCUT2D eigenvalue weighted by Crippen LogP contribution is 2.16. The maximum Gasteiger partial charge on any atom is 0.287 e. The molecule has 1 heterocycles. The van der Waals surface area contributed by atoms with E-state index in [1.165, 1.54) is 24.3 Å². The highest BCUT2D eigenvalue weighted by molar-refractivity contribution is 5.91. The first-order chi connectivity index (χ1) is 14.0. The van der Waals surface area contributed by atoms with Crippen LogP contribution >= 0.6 is 0 Å². The number of nitrogens with one attached hydrogen (secondary N) is 1. The minimum atomic E-state index is -0.327. The number of furan rings is 1. The SMILES string of the molecule is CC(C)OCc1ccccc1CNC(=O)c1ccc(COc2ccc(F)cc2)o1. The Morgan fingerprint density at radius 1 is 1.00 bits per heavy atom. The smallest absolute Gasteiger partial charge is 0.287 e. The summed E-state index contributed by atoms with van der Waals surface area (Å²) in [6.45, 7) is 4.99. The van der Waals surface area contributed by atoms with Gasteiger partial charge in [0.25, 0.3) is 5.91 Å². The quantitative estimate of drug-likeness (QED) is 0.561. The van der Waals surface area contributed by atoms with E-state index in [0.29, 0.717) is 24.7 Å². The van der Waals surface area contributed by atoms with Crippen molar-refractivity contribution in [1.29, 1.82) is 0 Å². The average molecular weight is 397 g/mol. The number of carbonyl (C=O) groups is 1. The van der Waals surface area contributed by atoms with Crippen molar-refractivity contribution in [2.75, 3.05) is 0 Å². The highest BCUT2D eigenvalue weighted by Gasteiger charge is 2.12. The lowest BCUT2D eigenvalue weighted by atomic mass is 10.1. The first-order valence-corrected chi connectivity index (χ1v) is 9.45. The number of halogens is 1. The highest BCUT2D eigenvalue weighted by atomic mass is 19.1. The van der Waals surface area contributed by atoms with Gasteiger partial charge in [0.05, 0.1) is 12.7 Å². The van der Waals surface area contributed by atoms with Gasteiger partial charge in [-0.15, -0.1) is 0 Å². The summed E-state index contributed by atoms with van der Waals surface area (Å²) < 4.78 is 29.7. The van der Waals surface area contributed by atoms with Crippen LogP contribution in [0.1, 0.15) is 41.3 Å². The molecule has 3 rings (SSSR count). The third-order valence-corrected chi connectivity index (χ3v) is 4.21. The number of carbonyl (C=O) groups excluding carboxylic acids is 1. The molecule has 6 heteroatoms. The first-order valence-electron chi connectivity index (χ1n) is 9.45. The first kappa shape index (κ1) is 20.6. The second-order valence-corrected chi connectivity index (χ2v) is 6.82. The summed E-state index contributed by atoms with van der Waals surface area (Å²) in [7, 11) is 0. The van der Waals surface area contributed by atoms with E-state index in [1.807, 2.05) is 38.1 Å². The molecule has 0 radical (unpaired) electrons. The molecule has 1 aromatic heterocycles. The summed E-state index contributed by atoms with van der Waals surface area (Å²) in [5.41, 5.74) is 2.03. The summed E-state index contributed by atoms with van der Waals surface area (Å²) in [6.07, 6.45) is 0.135. The fourth-order valence-corrected chi connectivity index (χ4v) is 2.65. The van der Waals surface area contributed by atoms with Crippen LogP contribution in [0.3, 0.4) is 0 Å². The monoisotopic (exact) mass is 397 g/mol. The third-order valence-electron chi connectivity index (χ3n) is 4.21. The molecule has 3 aromatic rings. The zero-order valence-corrected chi connectivity index (χ0v) is 16.5. The Labute approximate surface area is 169 Å². The standard InChI is InChI=1S/C23H24FNO4/c1-16(2)27-14-18-6-4-3-5-17(18)13-25-23(26)22-12-11-21(29-22)15-28-20-9-7-19(24)8-10-20/h3-12,16H,13-15H2,1-2H3,(H,25,26). The van der Waals surface area contributed by atoms with Gasteiger partial charge in [0.15, 0.2) is 5.76 Å².